The topological polar surface area (TPSA) is 9.23 Å². The first-order valence-electron chi connectivity index (χ1n) is 4.94. The second kappa shape index (κ2) is 8.06. The SMILES string of the molecule is CCCOCCC(C)C(Br)CC. The molecule has 2 heteroatoms. The van der Waals surface area contributed by atoms with E-state index in [-0.39, 0.29) is 0 Å². The van der Waals surface area contributed by atoms with Crippen LogP contribution in [0.1, 0.15) is 40.0 Å². The van der Waals surface area contributed by atoms with E-state index in [1.54, 1.807) is 0 Å². The van der Waals surface area contributed by atoms with Gasteiger partial charge >= 0.3 is 0 Å². The van der Waals surface area contributed by atoms with E-state index in [4.69, 9.17) is 4.74 Å². The minimum absolute atomic E-state index is 0.655. The molecule has 0 aromatic carbocycles. The van der Waals surface area contributed by atoms with Crippen molar-refractivity contribution in [1.29, 1.82) is 0 Å². The van der Waals surface area contributed by atoms with E-state index in [0.717, 1.165) is 25.6 Å². The zero-order valence-corrected chi connectivity index (χ0v) is 10.1. The number of ether oxygens (including phenoxy) is 1. The molecule has 0 aromatic heterocycles. The number of halogens is 1. The third-order valence-corrected chi connectivity index (χ3v) is 3.62. The molecule has 0 spiro atoms. The van der Waals surface area contributed by atoms with Gasteiger partial charge in [-0.15, -0.1) is 0 Å². The van der Waals surface area contributed by atoms with Crippen LogP contribution in [0.4, 0.5) is 0 Å². The first kappa shape index (κ1) is 12.4. The maximum absolute atomic E-state index is 5.43. The van der Waals surface area contributed by atoms with E-state index in [2.05, 4.69) is 36.7 Å². The van der Waals surface area contributed by atoms with Crippen LogP contribution in [0.15, 0.2) is 0 Å². The summed E-state index contributed by atoms with van der Waals surface area (Å²) in [7, 11) is 0. The molecule has 0 amide bonds. The van der Waals surface area contributed by atoms with Gasteiger partial charge in [0, 0.05) is 18.0 Å². The lowest BCUT2D eigenvalue weighted by Gasteiger charge is -2.16. The van der Waals surface area contributed by atoms with Gasteiger partial charge in [0.1, 0.15) is 0 Å². The van der Waals surface area contributed by atoms with Crippen LogP contribution in [-0.4, -0.2) is 18.0 Å². The van der Waals surface area contributed by atoms with Gasteiger partial charge in [0.15, 0.2) is 0 Å². The smallest absolute Gasteiger partial charge is 0.0468 e. The van der Waals surface area contributed by atoms with Crippen molar-refractivity contribution in [1.82, 2.24) is 0 Å². The highest BCUT2D eigenvalue weighted by Crippen LogP contribution is 2.19. The minimum Gasteiger partial charge on any atom is -0.381 e. The van der Waals surface area contributed by atoms with Gasteiger partial charge in [0.05, 0.1) is 0 Å². The number of rotatable bonds is 7. The Morgan fingerprint density at radius 3 is 2.42 bits per heavy atom. The quantitative estimate of drug-likeness (QED) is 0.485. The van der Waals surface area contributed by atoms with E-state index in [1.165, 1.54) is 12.8 Å². The lowest BCUT2D eigenvalue weighted by atomic mass is 10.0. The Morgan fingerprint density at radius 2 is 1.92 bits per heavy atom. The predicted molar refractivity (Wildman–Crippen MR) is 57.9 cm³/mol. The van der Waals surface area contributed by atoms with Crippen molar-refractivity contribution >= 4 is 15.9 Å². The van der Waals surface area contributed by atoms with Crippen LogP contribution in [0.25, 0.3) is 0 Å². The third kappa shape index (κ3) is 6.01. The Kier molecular flexibility index (Phi) is 8.35. The first-order valence-corrected chi connectivity index (χ1v) is 5.85. The molecule has 74 valence electrons. The average molecular weight is 237 g/mol. The van der Waals surface area contributed by atoms with E-state index in [1.807, 2.05) is 0 Å². The van der Waals surface area contributed by atoms with Crippen molar-refractivity contribution in [3.8, 4) is 0 Å². The third-order valence-electron chi connectivity index (χ3n) is 2.07. The summed E-state index contributed by atoms with van der Waals surface area (Å²) in [6, 6.07) is 0. The van der Waals surface area contributed by atoms with E-state index < -0.39 is 0 Å². The highest BCUT2D eigenvalue weighted by molar-refractivity contribution is 9.09. The Bertz CT molecular complexity index is 95.8. The van der Waals surface area contributed by atoms with Crippen molar-refractivity contribution < 1.29 is 4.74 Å². The molecule has 0 radical (unpaired) electrons. The van der Waals surface area contributed by atoms with Crippen LogP contribution in [-0.2, 0) is 4.74 Å². The zero-order chi connectivity index (χ0) is 9.40. The summed E-state index contributed by atoms with van der Waals surface area (Å²) in [6.45, 7) is 8.45. The molecule has 0 aliphatic rings. The van der Waals surface area contributed by atoms with E-state index in [0.29, 0.717) is 4.83 Å². The maximum atomic E-state index is 5.43. The van der Waals surface area contributed by atoms with Crippen LogP contribution >= 0.6 is 15.9 Å². The standard InChI is InChI=1S/C10H21BrO/c1-4-7-12-8-6-9(3)10(11)5-2/h9-10H,4-8H2,1-3H3. The fourth-order valence-corrected chi connectivity index (χ4v) is 1.36. The highest BCUT2D eigenvalue weighted by atomic mass is 79.9. The molecule has 0 aliphatic heterocycles. The summed E-state index contributed by atoms with van der Waals surface area (Å²) < 4.78 is 5.43. The summed E-state index contributed by atoms with van der Waals surface area (Å²) in [6.07, 6.45) is 3.50. The summed E-state index contributed by atoms with van der Waals surface area (Å²) in [4.78, 5) is 0.655. The Balaban J connectivity index is 3.24. The van der Waals surface area contributed by atoms with Gasteiger partial charge in [-0.05, 0) is 25.2 Å². The van der Waals surface area contributed by atoms with Gasteiger partial charge in [0.25, 0.3) is 0 Å². The van der Waals surface area contributed by atoms with Crippen LogP contribution in [0.3, 0.4) is 0 Å². The Hall–Kier alpha value is 0.440. The van der Waals surface area contributed by atoms with Crippen molar-refractivity contribution in [3.63, 3.8) is 0 Å². The summed E-state index contributed by atoms with van der Waals surface area (Å²) in [5.74, 6) is 0.729. The molecule has 0 aromatic rings. The molecule has 0 heterocycles. The maximum Gasteiger partial charge on any atom is 0.0468 e. The fraction of sp³-hybridized carbons (Fsp3) is 1.00. The van der Waals surface area contributed by atoms with E-state index in [9.17, 15) is 0 Å². The Morgan fingerprint density at radius 1 is 1.25 bits per heavy atom. The highest BCUT2D eigenvalue weighted by Gasteiger charge is 2.10. The molecule has 1 nitrogen and oxygen atoms in total. The van der Waals surface area contributed by atoms with Crippen LogP contribution in [0, 0.1) is 5.92 Å². The molecule has 0 aliphatic carbocycles. The zero-order valence-electron chi connectivity index (χ0n) is 8.48. The van der Waals surface area contributed by atoms with Gasteiger partial charge in [-0.3, -0.25) is 0 Å². The van der Waals surface area contributed by atoms with Gasteiger partial charge in [0.2, 0.25) is 0 Å². The minimum atomic E-state index is 0.655. The van der Waals surface area contributed by atoms with Gasteiger partial charge in [-0.2, -0.15) is 0 Å². The second-order valence-corrected chi connectivity index (χ2v) is 4.48. The van der Waals surface area contributed by atoms with Gasteiger partial charge in [-0.1, -0.05) is 36.7 Å². The van der Waals surface area contributed by atoms with Crippen molar-refractivity contribution in [2.75, 3.05) is 13.2 Å². The molecule has 2 unspecified atom stereocenters. The molecular weight excluding hydrogens is 216 g/mol. The normalized spacial score (nSPS) is 16.0. The lowest BCUT2D eigenvalue weighted by molar-refractivity contribution is 0.122. The number of alkyl halides is 1. The van der Waals surface area contributed by atoms with Gasteiger partial charge in [-0.25, -0.2) is 0 Å². The molecule has 2 atom stereocenters. The van der Waals surface area contributed by atoms with E-state index >= 15 is 0 Å². The first-order chi connectivity index (χ1) is 5.72. The molecule has 0 bridgehead atoms. The molecule has 0 fully saturated rings. The second-order valence-electron chi connectivity index (χ2n) is 3.30. The van der Waals surface area contributed by atoms with Crippen LogP contribution < -0.4 is 0 Å². The lowest BCUT2D eigenvalue weighted by Crippen LogP contribution is -2.12. The van der Waals surface area contributed by atoms with Crippen molar-refractivity contribution in [2.24, 2.45) is 5.92 Å². The number of hydrogen-bond donors (Lipinski definition) is 0. The Labute approximate surface area is 85.0 Å². The average Bonchev–Trinajstić information content (AvgIpc) is 2.10. The molecule has 0 saturated carbocycles. The summed E-state index contributed by atoms with van der Waals surface area (Å²) in [5, 5.41) is 0. The molecule has 12 heavy (non-hydrogen) atoms. The van der Waals surface area contributed by atoms with Crippen molar-refractivity contribution in [2.45, 2.75) is 44.9 Å². The number of hydrogen-bond acceptors (Lipinski definition) is 1. The fourth-order valence-electron chi connectivity index (χ4n) is 1.10. The molecule has 0 rings (SSSR count). The van der Waals surface area contributed by atoms with Crippen LogP contribution in [0.5, 0.6) is 0 Å². The predicted octanol–water partition coefficient (Wildman–Crippen LogP) is 3.61. The molecule has 0 N–H and O–H groups in total. The monoisotopic (exact) mass is 236 g/mol. The molecular formula is C10H21BrO. The van der Waals surface area contributed by atoms with Gasteiger partial charge < -0.3 is 4.74 Å². The van der Waals surface area contributed by atoms with Crippen molar-refractivity contribution in [3.05, 3.63) is 0 Å². The largest absolute Gasteiger partial charge is 0.381 e. The summed E-state index contributed by atoms with van der Waals surface area (Å²) in [5.41, 5.74) is 0. The summed E-state index contributed by atoms with van der Waals surface area (Å²) >= 11 is 3.66. The molecule has 0 saturated heterocycles. The van der Waals surface area contributed by atoms with Crippen LogP contribution in [0.2, 0.25) is 0 Å².